The van der Waals surface area contributed by atoms with E-state index in [1.165, 1.54) is 36.5 Å². The van der Waals surface area contributed by atoms with E-state index in [0.29, 0.717) is 11.1 Å². The number of ether oxygens (including phenoxy) is 1. The van der Waals surface area contributed by atoms with Crippen LogP contribution >= 0.6 is 11.6 Å². The molecule has 2 heterocycles. The number of amidine groups is 1. The van der Waals surface area contributed by atoms with E-state index >= 15 is 0 Å². The van der Waals surface area contributed by atoms with Gasteiger partial charge in [-0.3, -0.25) is 15.6 Å². The highest BCUT2D eigenvalue weighted by Gasteiger charge is 2.22. The highest BCUT2D eigenvalue weighted by Crippen LogP contribution is 2.31. The standard InChI is InChI=1S/C21H19ClF2N8O4/c1-32-29-19(26-31-32)18-13(6-12(22)7-15(18)24)10-3-4-11(14(23)5-10)9-25-21(34)28-27-20(33)16-8-17(35-2)30-36-16/h3-8,31H,9H2,1-2H3,(H,26,29)(H,27,33)(H2,25,28,34). The number of nitrogens with zero attached hydrogens (tertiary/aromatic N) is 3. The van der Waals surface area contributed by atoms with Gasteiger partial charge in [-0.25, -0.2) is 24.5 Å². The minimum Gasteiger partial charge on any atom is -0.479 e. The van der Waals surface area contributed by atoms with Gasteiger partial charge in [-0.15, -0.1) is 10.2 Å². The van der Waals surface area contributed by atoms with Crippen LogP contribution in [0.4, 0.5) is 13.6 Å². The predicted molar refractivity (Wildman–Crippen MR) is 123 cm³/mol. The van der Waals surface area contributed by atoms with Crippen LogP contribution in [0.5, 0.6) is 5.88 Å². The Bertz CT molecular complexity index is 1350. The molecule has 3 amide bonds. The number of hydrazine groups is 3. The molecule has 1 aromatic heterocycles. The van der Waals surface area contributed by atoms with E-state index < -0.39 is 23.6 Å². The van der Waals surface area contributed by atoms with Crippen molar-refractivity contribution >= 4 is 29.4 Å². The van der Waals surface area contributed by atoms with Crippen molar-refractivity contribution in [2.24, 2.45) is 5.10 Å². The summed E-state index contributed by atoms with van der Waals surface area (Å²) >= 11 is 6.04. The van der Waals surface area contributed by atoms with Gasteiger partial charge in [0.1, 0.15) is 11.6 Å². The maximum Gasteiger partial charge on any atom is 0.333 e. The highest BCUT2D eigenvalue weighted by atomic mass is 35.5. The molecule has 12 nitrogen and oxygen atoms in total. The SMILES string of the molecule is COc1cc(C(=O)NNC(=O)NCc2ccc(-c3cc(Cl)cc(F)c3C3=NNN(C)N3)cc2F)on1. The Balaban J connectivity index is 1.42. The van der Waals surface area contributed by atoms with Gasteiger partial charge >= 0.3 is 11.9 Å². The van der Waals surface area contributed by atoms with Crippen LogP contribution in [0.3, 0.4) is 0 Å². The molecule has 1 aliphatic heterocycles. The van der Waals surface area contributed by atoms with Crippen molar-refractivity contribution in [3.8, 4) is 17.0 Å². The first-order valence-electron chi connectivity index (χ1n) is 10.2. The first-order chi connectivity index (χ1) is 17.2. The molecule has 188 valence electrons. The molecule has 36 heavy (non-hydrogen) atoms. The molecule has 15 heteroatoms. The van der Waals surface area contributed by atoms with Crippen molar-refractivity contribution in [1.82, 2.24) is 37.4 Å². The summed E-state index contributed by atoms with van der Waals surface area (Å²) in [6, 6.07) is 7.23. The normalized spacial score (nSPS) is 12.9. The van der Waals surface area contributed by atoms with Crippen LogP contribution in [-0.2, 0) is 6.54 Å². The topological polar surface area (TPSA) is 145 Å². The van der Waals surface area contributed by atoms with Crippen LogP contribution < -0.4 is 31.9 Å². The maximum atomic E-state index is 14.9. The number of hydrogen-bond acceptors (Lipinski definition) is 9. The van der Waals surface area contributed by atoms with Gasteiger partial charge in [-0.05, 0) is 34.5 Å². The van der Waals surface area contributed by atoms with Crippen LogP contribution in [0.1, 0.15) is 21.7 Å². The van der Waals surface area contributed by atoms with Crippen LogP contribution in [0.25, 0.3) is 11.1 Å². The van der Waals surface area contributed by atoms with Gasteiger partial charge in [-0.2, -0.15) is 0 Å². The van der Waals surface area contributed by atoms with E-state index in [9.17, 15) is 18.4 Å². The zero-order valence-corrected chi connectivity index (χ0v) is 19.5. The third-order valence-corrected chi connectivity index (χ3v) is 5.11. The number of hydrazone groups is 1. The molecule has 1 aliphatic rings. The van der Waals surface area contributed by atoms with E-state index in [-0.39, 0.29) is 40.2 Å². The second kappa shape index (κ2) is 10.5. The summed E-state index contributed by atoms with van der Waals surface area (Å²) in [5.41, 5.74) is 10.5. The van der Waals surface area contributed by atoms with Crippen molar-refractivity contribution in [3.05, 3.63) is 69.9 Å². The van der Waals surface area contributed by atoms with Gasteiger partial charge in [0.05, 0.1) is 18.7 Å². The summed E-state index contributed by atoms with van der Waals surface area (Å²) in [6.07, 6.45) is 0. The largest absolute Gasteiger partial charge is 0.479 e. The molecule has 0 radical (unpaired) electrons. The molecule has 0 unspecified atom stereocenters. The monoisotopic (exact) mass is 520 g/mol. The Kier molecular flexibility index (Phi) is 7.17. The molecule has 0 atom stereocenters. The number of rotatable bonds is 6. The lowest BCUT2D eigenvalue weighted by atomic mass is 9.97. The molecular formula is C21H19ClF2N8O4. The third-order valence-electron chi connectivity index (χ3n) is 4.89. The van der Waals surface area contributed by atoms with Gasteiger partial charge in [-0.1, -0.05) is 23.7 Å². The molecule has 4 rings (SSSR count). The fourth-order valence-corrected chi connectivity index (χ4v) is 3.41. The maximum absolute atomic E-state index is 14.9. The molecular weight excluding hydrogens is 502 g/mol. The molecule has 0 aliphatic carbocycles. The van der Waals surface area contributed by atoms with Crippen LogP contribution in [0.15, 0.2) is 46.0 Å². The quantitative estimate of drug-likeness (QED) is 0.310. The number of nitrogens with one attached hydrogen (secondary N) is 5. The average Bonchev–Trinajstić information content (AvgIpc) is 3.50. The molecule has 3 aromatic rings. The molecule has 0 fully saturated rings. The number of methoxy groups -OCH3 is 1. The summed E-state index contributed by atoms with van der Waals surface area (Å²) in [5.74, 6) is -1.98. The summed E-state index contributed by atoms with van der Waals surface area (Å²) in [4.78, 5) is 23.9. The zero-order chi connectivity index (χ0) is 25.8. The summed E-state index contributed by atoms with van der Waals surface area (Å²) in [5, 5.41) is 11.4. The van der Waals surface area contributed by atoms with Crippen molar-refractivity contribution in [1.29, 1.82) is 0 Å². The fourth-order valence-electron chi connectivity index (χ4n) is 3.20. The van der Waals surface area contributed by atoms with Gasteiger partial charge < -0.3 is 14.6 Å². The van der Waals surface area contributed by atoms with Gasteiger partial charge in [0.2, 0.25) is 5.76 Å². The van der Waals surface area contributed by atoms with Crippen LogP contribution in [0, 0.1) is 11.6 Å². The number of halogens is 3. The highest BCUT2D eigenvalue weighted by molar-refractivity contribution is 6.31. The van der Waals surface area contributed by atoms with E-state index in [0.717, 1.165) is 6.07 Å². The van der Waals surface area contributed by atoms with Crippen LogP contribution in [-0.4, -0.2) is 42.2 Å². The van der Waals surface area contributed by atoms with E-state index in [1.54, 1.807) is 13.1 Å². The number of carbonyl (C=O) groups excluding carboxylic acids is 2. The van der Waals surface area contributed by atoms with Crippen molar-refractivity contribution < 1.29 is 27.6 Å². The van der Waals surface area contributed by atoms with Crippen molar-refractivity contribution in [2.75, 3.05) is 14.2 Å². The Morgan fingerprint density at radius 2 is 1.97 bits per heavy atom. The number of urea groups is 1. The fraction of sp³-hybridized carbons (Fsp3) is 0.143. The van der Waals surface area contributed by atoms with Crippen LogP contribution in [0.2, 0.25) is 5.02 Å². The molecule has 0 bridgehead atoms. The minimum absolute atomic E-state index is 0.0904. The number of carbonyl (C=O) groups is 2. The molecule has 0 saturated heterocycles. The van der Waals surface area contributed by atoms with E-state index in [2.05, 4.69) is 37.4 Å². The lowest BCUT2D eigenvalue weighted by Gasteiger charge is -2.14. The van der Waals surface area contributed by atoms with Gasteiger partial charge in [0.25, 0.3) is 5.88 Å². The summed E-state index contributed by atoms with van der Waals surface area (Å²) < 4.78 is 39.2. The van der Waals surface area contributed by atoms with Gasteiger partial charge in [0, 0.05) is 24.2 Å². The Morgan fingerprint density at radius 1 is 1.17 bits per heavy atom. The molecule has 2 aromatic carbocycles. The number of amides is 3. The number of benzene rings is 2. The average molecular weight is 521 g/mol. The second-order valence-electron chi connectivity index (χ2n) is 7.34. The van der Waals surface area contributed by atoms with E-state index in [1.807, 2.05) is 0 Å². The Labute approximate surface area is 207 Å². The summed E-state index contributed by atoms with van der Waals surface area (Å²) in [6.45, 7) is -0.205. The smallest absolute Gasteiger partial charge is 0.333 e. The lowest BCUT2D eigenvalue weighted by molar-refractivity contribution is 0.0898. The van der Waals surface area contributed by atoms with Crippen molar-refractivity contribution in [2.45, 2.75) is 6.54 Å². The Hall–Kier alpha value is -4.43. The zero-order valence-electron chi connectivity index (χ0n) is 18.8. The number of aromatic nitrogens is 1. The van der Waals surface area contributed by atoms with Gasteiger partial charge in [0.15, 0.2) is 5.84 Å². The second-order valence-corrected chi connectivity index (χ2v) is 7.78. The predicted octanol–water partition coefficient (Wildman–Crippen LogP) is 2.04. The van der Waals surface area contributed by atoms with Crippen molar-refractivity contribution in [3.63, 3.8) is 0 Å². The minimum atomic E-state index is -0.806. The third kappa shape index (κ3) is 5.45. The first-order valence-corrected chi connectivity index (χ1v) is 10.6. The summed E-state index contributed by atoms with van der Waals surface area (Å²) in [7, 11) is 2.99. The van der Waals surface area contributed by atoms with E-state index in [4.69, 9.17) is 20.9 Å². The molecule has 0 spiro atoms. The lowest BCUT2D eigenvalue weighted by Crippen LogP contribution is -2.46. The number of hydrogen-bond donors (Lipinski definition) is 5. The molecule has 0 saturated carbocycles. The molecule has 5 N–H and O–H groups in total. The first kappa shape index (κ1) is 24.7. The Morgan fingerprint density at radius 3 is 2.64 bits per heavy atom.